The molecule has 1 fully saturated rings. The van der Waals surface area contributed by atoms with E-state index in [4.69, 9.17) is 10.3 Å². The Balaban J connectivity index is 1.60. The van der Waals surface area contributed by atoms with Crippen LogP contribution >= 0.6 is 11.5 Å². The Morgan fingerprint density at radius 2 is 2.33 bits per heavy atom. The maximum absolute atomic E-state index is 5.89. The van der Waals surface area contributed by atoms with Crippen LogP contribution in [0.5, 0.6) is 0 Å². The first-order chi connectivity index (χ1) is 8.74. The zero-order chi connectivity index (χ0) is 12.5. The quantitative estimate of drug-likeness (QED) is 0.858. The molecule has 18 heavy (non-hydrogen) atoms. The summed E-state index contributed by atoms with van der Waals surface area (Å²) in [6.07, 6.45) is 3.18. The fourth-order valence-electron chi connectivity index (χ4n) is 1.93. The van der Waals surface area contributed by atoms with E-state index in [2.05, 4.69) is 19.8 Å². The maximum atomic E-state index is 5.89. The van der Waals surface area contributed by atoms with E-state index >= 15 is 0 Å². The van der Waals surface area contributed by atoms with Gasteiger partial charge in [0, 0.05) is 25.5 Å². The van der Waals surface area contributed by atoms with Crippen molar-refractivity contribution in [1.29, 1.82) is 0 Å². The molecule has 0 bridgehead atoms. The predicted molar refractivity (Wildman–Crippen MR) is 69.7 cm³/mol. The molecule has 2 aromatic heterocycles. The molecule has 0 unspecified atom stereocenters. The lowest BCUT2D eigenvalue weighted by Gasteiger charge is -2.04. The molecule has 0 amide bonds. The molecule has 0 atom stereocenters. The molecule has 0 aliphatic heterocycles. The minimum absolute atomic E-state index is 0.603. The molecule has 2 heterocycles. The van der Waals surface area contributed by atoms with Crippen molar-refractivity contribution in [2.75, 3.05) is 17.6 Å². The molecule has 7 heteroatoms. The highest BCUT2D eigenvalue weighted by Gasteiger charge is 2.30. The Bertz CT molecular complexity index is 545. The van der Waals surface area contributed by atoms with Crippen molar-refractivity contribution in [3.63, 3.8) is 0 Å². The first-order valence-corrected chi connectivity index (χ1v) is 6.79. The molecule has 0 spiro atoms. The van der Waals surface area contributed by atoms with Crippen molar-refractivity contribution in [2.24, 2.45) is 0 Å². The van der Waals surface area contributed by atoms with E-state index < -0.39 is 0 Å². The largest absolute Gasteiger partial charge is 0.383 e. The van der Waals surface area contributed by atoms with Crippen molar-refractivity contribution < 1.29 is 4.52 Å². The predicted octanol–water partition coefficient (Wildman–Crippen LogP) is 1.95. The summed E-state index contributed by atoms with van der Waals surface area (Å²) in [5.74, 6) is 2.62. The first kappa shape index (κ1) is 11.5. The second-order valence-corrected chi connectivity index (χ2v) is 5.26. The minimum Gasteiger partial charge on any atom is -0.383 e. The molecule has 1 aliphatic rings. The normalized spacial score (nSPS) is 14.9. The van der Waals surface area contributed by atoms with Crippen molar-refractivity contribution in [2.45, 2.75) is 32.1 Å². The summed E-state index contributed by atoms with van der Waals surface area (Å²) in [4.78, 5) is 4.16. The van der Waals surface area contributed by atoms with Gasteiger partial charge in [0.05, 0.1) is 0 Å². The third-order valence-corrected chi connectivity index (χ3v) is 3.78. The van der Waals surface area contributed by atoms with Crippen molar-refractivity contribution in [3.8, 4) is 0 Å². The van der Waals surface area contributed by atoms with Gasteiger partial charge in [-0.25, -0.2) is 0 Å². The maximum Gasteiger partial charge on any atom is 0.223 e. The number of nitrogens with one attached hydrogen (secondary N) is 1. The van der Waals surface area contributed by atoms with Gasteiger partial charge in [0.1, 0.15) is 10.8 Å². The van der Waals surface area contributed by atoms with Crippen LogP contribution < -0.4 is 11.1 Å². The van der Waals surface area contributed by atoms with Crippen LogP contribution in [0.15, 0.2) is 4.52 Å². The second kappa shape index (κ2) is 4.56. The Hall–Kier alpha value is -1.63. The Morgan fingerprint density at radius 3 is 3.00 bits per heavy atom. The Labute approximate surface area is 109 Å². The van der Waals surface area contributed by atoms with E-state index in [1.54, 1.807) is 6.92 Å². The molecule has 1 saturated carbocycles. The van der Waals surface area contributed by atoms with Crippen LogP contribution in [-0.2, 0) is 6.42 Å². The van der Waals surface area contributed by atoms with Gasteiger partial charge in [0.15, 0.2) is 5.82 Å². The smallest absolute Gasteiger partial charge is 0.223 e. The monoisotopic (exact) mass is 265 g/mol. The summed E-state index contributed by atoms with van der Waals surface area (Å²) in [6, 6.07) is 0. The molecular formula is C11H15N5OS. The number of rotatable bonds is 5. The molecule has 3 N–H and O–H groups in total. The van der Waals surface area contributed by atoms with Crippen molar-refractivity contribution in [1.82, 2.24) is 14.5 Å². The average Bonchev–Trinajstić information content (AvgIpc) is 2.99. The lowest BCUT2D eigenvalue weighted by Crippen LogP contribution is -2.06. The van der Waals surface area contributed by atoms with Gasteiger partial charge in [-0.15, -0.1) is 0 Å². The molecular weight excluding hydrogens is 250 g/mol. The standard InChI is InChI=1S/C11H15N5OS/c1-6-14-8(15-17-6)4-5-13-11-9(7-2-3-7)10(12)16-18-11/h7,13H,2-5H2,1H3,(H2,12,16). The number of nitrogens with two attached hydrogens (primary N) is 1. The average molecular weight is 265 g/mol. The van der Waals surface area contributed by atoms with E-state index in [0.717, 1.165) is 23.8 Å². The van der Waals surface area contributed by atoms with Gasteiger partial charge >= 0.3 is 0 Å². The first-order valence-electron chi connectivity index (χ1n) is 6.02. The molecule has 0 radical (unpaired) electrons. The number of aromatic nitrogens is 3. The van der Waals surface area contributed by atoms with E-state index in [1.807, 2.05) is 0 Å². The van der Waals surface area contributed by atoms with Crippen LogP contribution in [0, 0.1) is 6.92 Å². The number of hydrogen-bond acceptors (Lipinski definition) is 7. The number of anilines is 2. The molecule has 96 valence electrons. The van der Waals surface area contributed by atoms with E-state index in [9.17, 15) is 0 Å². The second-order valence-electron chi connectivity index (χ2n) is 4.49. The molecule has 0 aromatic carbocycles. The topological polar surface area (TPSA) is 89.9 Å². The van der Waals surface area contributed by atoms with Crippen LogP contribution in [0.2, 0.25) is 0 Å². The summed E-state index contributed by atoms with van der Waals surface area (Å²) < 4.78 is 9.14. The van der Waals surface area contributed by atoms with Gasteiger partial charge in [0.2, 0.25) is 5.89 Å². The summed E-state index contributed by atoms with van der Waals surface area (Å²) in [6.45, 7) is 2.55. The SMILES string of the molecule is Cc1nc(CCNc2snc(N)c2C2CC2)no1. The van der Waals surface area contributed by atoms with Crippen LogP contribution in [0.1, 0.15) is 36.0 Å². The van der Waals surface area contributed by atoms with Crippen LogP contribution in [-0.4, -0.2) is 21.1 Å². The fourth-order valence-corrected chi connectivity index (χ4v) is 2.76. The van der Waals surface area contributed by atoms with Crippen molar-refractivity contribution in [3.05, 3.63) is 17.3 Å². The highest BCUT2D eigenvalue weighted by Crippen LogP contribution is 2.47. The lowest BCUT2D eigenvalue weighted by atomic mass is 10.2. The van der Waals surface area contributed by atoms with Crippen LogP contribution in [0.25, 0.3) is 0 Å². The number of hydrogen-bond donors (Lipinski definition) is 2. The van der Waals surface area contributed by atoms with E-state index in [0.29, 0.717) is 17.6 Å². The van der Waals surface area contributed by atoms with Crippen LogP contribution in [0.3, 0.4) is 0 Å². The van der Waals surface area contributed by atoms with Gasteiger partial charge in [0.25, 0.3) is 0 Å². The molecule has 6 nitrogen and oxygen atoms in total. The third kappa shape index (κ3) is 2.31. The van der Waals surface area contributed by atoms with Crippen LogP contribution in [0.4, 0.5) is 10.8 Å². The molecule has 0 saturated heterocycles. The Morgan fingerprint density at radius 1 is 1.50 bits per heavy atom. The van der Waals surface area contributed by atoms with Gasteiger partial charge in [-0.2, -0.15) is 9.36 Å². The summed E-state index contributed by atoms with van der Waals surface area (Å²) in [5.41, 5.74) is 7.09. The van der Waals surface area contributed by atoms with Gasteiger partial charge in [-0.3, -0.25) is 0 Å². The summed E-state index contributed by atoms with van der Waals surface area (Å²) in [7, 11) is 0. The molecule has 3 rings (SSSR count). The summed E-state index contributed by atoms with van der Waals surface area (Å²) >= 11 is 1.43. The molecule has 2 aromatic rings. The number of nitrogens with zero attached hydrogens (tertiary/aromatic N) is 3. The molecule has 1 aliphatic carbocycles. The number of aryl methyl sites for hydroxylation is 1. The van der Waals surface area contributed by atoms with Gasteiger partial charge < -0.3 is 15.6 Å². The van der Waals surface area contributed by atoms with E-state index in [1.165, 1.54) is 29.9 Å². The summed E-state index contributed by atoms with van der Waals surface area (Å²) in [5, 5.41) is 8.32. The van der Waals surface area contributed by atoms with Crippen molar-refractivity contribution >= 4 is 22.4 Å². The van der Waals surface area contributed by atoms with Gasteiger partial charge in [-0.05, 0) is 30.3 Å². The zero-order valence-electron chi connectivity index (χ0n) is 10.1. The number of nitrogen functional groups attached to an aromatic ring is 1. The highest BCUT2D eigenvalue weighted by molar-refractivity contribution is 7.10. The zero-order valence-corrected chi connectivity index (χ0v) is 11.0. The minimum atomic E-state index is 0.603. The lowest BCUT2D eigenvalue weighted by molar-refractivity contribution is 0.387. The third-order valence-electron chi connectivity index (χ3n) is 2.95. The van der Waals surface area contributed by atoms with E-state index in [-0.39, 0.29) is 0 Å². The van der Waals surface area contributed by atoms with Gasteiger partial charge in [-0.1, -0.05) is 5.16 Å². The highest BCUT2D eigenvalue weighted by atomic mass is 32.1. The Kier molecular flexibility index (Phi) is 2.91. The fraction of sp³-hybridized carbons (Fsp3) is 0.545.